The van der Waals surface area contributed by atoms with Crippen LogP contribution >= 0.6 is 0 Å². The van der Waals surface area contributed by atoms with E-state index in [9.17, 15) is 36.2 Å². The van der Waals surface area contributed by atoms with E-state index in [1.165, 1.54) is 0 Å². The second-order valence-corrected chi connectivity index (χ2v) is 7.54. The minimum atomic E-state index is -5.01. The highest BCUT2D eigenvalue weighted by Crippen LogP contribution is 2.49. The molecule has 35 heavy (non-hydrogen) atoms. The van der Waals surface area contributed by atoms with Crippen LogP contribution in [0.1, 0.15) is 22.5 Å². The number of carbonyl (C=O) groups is 1. The Morgan fingerprint density at radius 1 is 1.09 bits per heavy atom. The minimum absolute atomic E-state index is 0.429. The van der Waals surface area contributed by atoms with Crippen LogP contribution in [0.2, 0.25) is 0 Å². The molecular formula is C23H15F6N3O3. The van der Waals surface area contributed by atoms with Gasteiger partial charge in [0.05, 0.1) is 29.8 Å². The van der Waals surface area contributed by atoms with E-state index in [0.29, 0.717) is 6.26 Å². The number of aliphatic hydroxyl groups is 1. The van der Waals surface area contributed by atoms with E-state index in [2.05, 4.69) is 15.3 Å². The molecule has 4 rings (SSSR count). The number of alkyl halides is 3. The fraction of sp³-hybridized carbons (Fsp3) is 0.174. The van der Waals surface area contributed by atoms with Crippen molar-refractivity contribution in [3.63, 3.8) is 0 Å². The van der Waals surface area contributed by atoms with Gasteiger partial charge in [0.25, 0.3) is 5.91 Å². The average Bonchev–Trinajstić information content (AvgIpc) is 2.79. The lowest BCUT2D eigenvalue weighted by atomic mass is 9.85. The number of carbonyl (C=O) groups excluding carboxylic acids is 1. The number of benzene rings is 1. The number of nitrogens with zero attached hydrogens (tertiary/aromatic N) is 2. The maximum Gasteiger partial charge on any atom is 0.432 e. The summed E-state index contributed by atoms with van der Waals surface area (Å²) in [5, 5.41) is 12.1. The third kappa shape index (κ3) is 4.44. The monoisotopic (exact) mass is 495 g/mol. The molecule has 0 radical (unpaired) electrons. The number of ether oxygens (including phenoxy) is 1. The zero-order valence-electron chi connectivity index (χ0n) is 17.5. The Kier molecular flexibility index (Phi) is 6.24. The van der Waals surface area contributed by atoms with Crippen molar-refractivity contribution in [2.45, 2.75) is 24.3 Å². The maximum absolute atomic E-state index is 14.3. The fourth-order valence-electron chi connectivity index (χ4n) is 3.67. The first kappa shape index (κ1) is 24.2. The Labute approximate surface area is 193 Å². The van der Waals surface area contributed by atoms with Crippen LogP contribution in [-0.2, 0) is 10.3 Å². The highest BCUT2D eigenvalue weighted by atomic mass is 19.4. The first-order chi connectivity index (χ1) is 16.5. The minimum Gasteiger partial charge on any atom is -0.481 e. The number of aromatic nitrogens is 2. The zero-order chi connectivity index (χ0) is 25.4. The van der Waals surface area contributed by atoms with Crippen LogP contribution in [-0.4, -0.2) is 33.3 Å². The SMILES string of the molecule is O=C(Nc1cnccc1[C@]1(C(F)(F)F)C[C@H](O)C=CO1)c1ccc(F)c(-c2c(F)cccc2F)n1. The van der Waals surface area contributed by atoms with Crippen molar-refractivity contribution in [2.75, 3.05) is 5.32 Å². The molecule has 0 bridgehead atoms. The van der Waals surface area contributed by atoms with E-state index in [1.807, 2.05) is 0 Å². The highest BCUT2D eigenvalue weighted by Gasteiger charge is 2.60. The third-order valence-corrected chi connectivity index (χ3v) is 5.31. The van der Waals surface area contributed by atoms with Crippen molar-refractivity contribution in [3.8, 4) is 11.3 Å². The fourth-order valence-corrected chi connectivity index (χ4v) is 3.67. The number of hydrogen-bond donors (Lipinski definition) is 2. The molecule has 0 aliphatic carbocycles. The van der Waals surface area contributed by atoms with Crippen molar-refractivity contribution < 1.29 is 41.0 Å². The Bertz CT molecular complexity index is 1290. The summed E-state index contributed by atoms with van der Waals surface area (Å²) < 4.78 is 89.9. The molecule has 3 aromatic rings. The first-order valence-corrected chi connectivity index (χ1v) is 9.99. The van der Waals surface area contributed by atoms with Gasteiger partial charge in [0.2, 0.25) is 5.60 Å². The predicted molar refractivity (Wildman–Crippen MR) is 110 cm³/mol. The molecule has 6 nitrogen and oxygen atoms in total. The van der Waals surface area contributed by atoms with Gasteiger partial charge < -0.3 is 15.2 Å². The van der Waals surface area contributed by atoms with E-state index >= 15 is 0 Å². The van der Waals surface area contributed by atoms with Crippen molar-refractivity contribution in [2.24, 2.45) is 0 Å². The lowest BCUT2D eigenvalue weighted by Gasteiger charge is -2.39. The molecule has 1 aromatic carbocycles. The van der Waals surface area contributed by atoms with Gasteiger partial charge in [-0.25, -0.2) is 18.2 Å². The molecule has 2 atom stereocenters. The highest BCUT2D eigenvalue weighted by molar-refractivity contribution is 6.03. The van der Waals surface area contributed by atoms with E-state index < -0.39 is 75.9 Å². The standard InChI is InChI=1S/C23H15F6N3O3/c24-14-2-1-3-15(25)19(14)20-16(26)4-5-17(31-20)21(34)32-18-11-30-8-6-13(18)22(23(27,28)29)10-12(33)7-9-35-22/h1-9,11-12,33H,10H2,(H,32,34)/t12-,22+/m1/s1. The molecule has 1 aliphatic rings. The lowest BCUT2D eigenvalue weighted by Crippen LogP contribution is -2.48. The number of amides is 1. The molecule has 2 N–H and O–H groups in total. The Morgan fingerprint density at radius 2 is 1.80 bits per heavy atom. The Hall–Kier alpha value is -3.93. The van der Waals surface area contributed by atoms with Gasteiger partial charge in [0.1, 0.15) is 28.8 Å². The molecule has 0 saturated carbocycles. The molecule has 12 heteroatoms. The van der Waals surface area contributed by atoms with Gasteiger partial charge in [-0.15, -0.1) is 0 Å². The number of anilines is 1. The molecule has 182 valence electrons. The van der Waals surface area contributed by atoms with E-state index in [4.69, 9.17) is 4.74 Å². The first-order valence-electron chi connectivity index (χ1n) is 9.99. The molecule has 3 heterocycles. The Balaban J connectivity index is 1.73. The molecule has 0 spiro atoms. The van der Waals surface area contributed by atoms with Crippen LogP contribution in [0.25, 0.3) is 11.3 Å². The summed E-state index contributed by atoms with van der Waals surface area (Å²) in [6.07, 6.45) is -3.68. The molecule has 0 saturated heterocycles. The second kappa shape index (κ2) is 9.02. The van der Waals surface area contributed by atoms with Crippen LogP contribution in [0.5, 0.6) is 0 Å². The van der Waals surface area contributed by atoms with Crippen molar-refractivity contribution >= 4 is 11.6 Å². The van der Waals surface area contributed by atoms with Gasteiger partial charge in [0, 0.05) is 18.2 Å². The van der Waals surface area contributed by atoms with Crippen molar-refractivity contribution in [1.29, 1.82) is 0 Å². The smallest absolute Gasteiger partial charge is 0.432 e. The predicted octanol–water partition coefficient (Wildman–Crippen LogP) is 4.87. The number of nitrogens with one attached hydrogen (secondary N) is 1. The normalized spacial score (nSPS) is 19.8. The lowest BCUT2D eigenvalue weighted by molar-refractivity contribution is -0.279. The quantitative estimate of drug-likeness (QED) is 0.505. The second-order valence-electron chi connectivity index (χ2n) is 7.54. The van der Waals surface area contributed by atoms with Gasteiger partial charge in [0.15, 0.2) is 0 Å². The molecule has 1 amide bonds. The van der Waals surface area contributed by atoms with Crippen LogP contribution in [0.4, 0.5) is 32.0 Å². The van der Waals surface area contributed by atoms with Crippen LogP contribution in [0.3, 0.4) is 0 Å². The van der Waals surface area contributed by atoms with Gasteiger partial charge in [-0.3, -0.25) is 9.78 Å². The largest absolute Gasteiger partial charge is 0.481 e. The van der Waals surface area contributed by atoms with E-state index in [1.54, 1.807) is 0 Å². The van der Waals surface area contributed by atoms with Gasteiger partial charge in [-0.2, -0.15) is 13.2 Å². The summed E-state index contributed by atoms with van der Waals surface area (Å²) in [4.78, 5) is 20.2. The zero-order valence-corrected chi connectivity index (χ0v) is 17.5. The number of pyridine rings is 2. The topological polar surface area (TPSA) is 84.3 Å². The third-order valence-electron chi connectivity index (χ3n) is 5.31. The average molecular weight is 495 g/mol. The number of halogens is 6. The summed E-state index contributed by atoms with van der Waals surface area (Å²) in [6, 6.07) is 5.41. The number of aliphatic hydroxyl groups excluding tert-OH is 1. The maximum atomic E-state index is 14.3. The van der Waals surface area contributed by atoms with Gasteiger partial charge >= 0.3 is 6.18 Å². The Morgan fingerprint density at radius 3 is 2.46 bits per heavy atom. The molecule has 2 aromatic heterocycles. The van der Waals surface area contributed by atoms with Crippen molar-refractivity contribution in [1.82, 2.24) is 9.97 Å². The summed E-state index contributed by atoms with van der Waals surface area (Å²) >= 11 is 0. The summed E-state index contributed by atoms with van der Waals surface area (Å²) in [6.45, 7) is 0. The van der Waals surface area contributed by atoms with Crippen LogP contribution in [0.15, 0.2) is 61.1 Å². The number of hydrogen-bond acceptors (Lipinski definition) is 5. The molecule has 0 unspecified atom stereocenters. The number of rotatable bonds is 4. The van der Waals surface area contributed by atoms with Crippen LogP contribution < -0.4 is 5.32 Å². The molecular weight excluding hydrogens is 480 g/mol. The molecule has 0 fully saturated rings. The van der Waals surface area contributed by atoms with Gasteiger partial charge in [-0.1, -0.05) is 6.07 Å². The van der Waals surface area contributed by atoms with E-state index in [-0.39, 0.29) is 0 Å². The van der Waals surface area contributed by atoms with Gasteiger partial charge in [-0.05, 0) is 36.4 Å². The summed E-state index contributed by atoms with van der Waals surface area (Å²) in [5.41, 5.74) is -6.14. The van der Waals surface area contributed by atoms with E-state index in [0.717, 1.165) is 54.9 Å². The summed E-state index contributed by atoms with van der Waals surface area (Å²) in [7, 11) is 0. The van der Waals surface area contributed by atoms with Crippen molar-refractivity contribution in [3.05, 3.63) is 89.8 Å². The molecule has 1 aliphatic heterocycles. The van der Waals surface area contributed by atoms with Crippen LogP contribution in [0, 0.1) is 17.5 Å². The summed E-state index contributed by atoms with van der Waals surface area (Å²) in [5.74, 6) is -4.49.